The molecule has 256 valence electrons. The number of nitrogens with zero attached hydrogens (tertiary/aromatic N) is 6. The van der Waals surface area contributed by atoms with E-state index in [-0.39, 0.29) is 23.6 Å². The molecule has 3 aromatic rings. The molecule has 14 heteroatoms. The summed E-state index contributed by atoms with van der Waals surface area (Å²) in [6.07, 6.45) is 0.786. The molecular weight excluding hydrogens is 634 g/mol. The van der Waals surface area contributed by atoms with E-state index in [4.69, 9.17) is 9.72 Å². The second-order valence-electron chi connectivity index (χ2n) is 12.2. The van der Waals surface area contributed by atoms with Crippen molar-refractivity contribution in [2.24, 2.45) is 0 Å². The van der Waals surface area contributed by atoms with Gasteiger partial charge in [0, 0.05) is 55.2 Å². The molecule has 2 atom stereocenters. The molecular formula is C33H43F4N7O2S. The fourth-order valence-corrected chi connectivity index (χ4v) is 7.28. The van der Waals surface area contributed by atoms with Gasteiger partial charge in [0.25, 0.3) is 0 Å². The van der Waals surface area contributed by atoms with Crippen LogP contribution >= 0.6 is 11.3 Å². The van der Waals surface area contributed by atoms with Crippen LogP contribution in [-0.2, 0) is 28.7 Å². The van der Waals surface area contributed by atoms with Crippen LogP contribution in [0, 0.1) is 5.82 Å². The van der Waals surface area contributed by atoms with Crippen molar-refractivity contribution in [2.75, 3.05) is 49.5 Å². The summed E-state index contributed by atoms with van der Waals surface area (Å²) >= 11 is 1.30. The van der Waals surface area contributed by atoms with Gasteiger partial charge in [-0.15, -0.1) is 0 Å². The minimum absolute atomic E-state index is 0.0469. The molecule has 2 aliphatic rings. The number of carbonyl (C=O) groups is 1. The van der Waals surface area contributed by atoms with Gasteiger partial charge in [-0.05, 0) is 70.3 Å². The molecule has 2 fully saturated rings. The zero-order valence-electron chi connectivity index (χ0n) is 27.4. The Balaban J connectivity index is 1.40. The number of thiazole rings is 1. The van der Waals surface area contributed by atoms with Crippen molar-refractivity contribution in [1.29, 1.82) is 0 Å². The van der Waals surface area contributed by atoms with Gasteiger partial charge in [-0.25, -0.2) is 15.0 Å². The number of alkyl halides is 3. The maximum atomic E-state index is 16.0. The van der Waals surface area contributed by atoms with Crippen molar-refractivity contribution in [3.63, 3.8) is 0 Å². The number of nitrogens with one attached hydrogen (secondary N) is 1. The van der Waals surface area contributed by atoms with Crippen molar-refractivity contribution in [3.05, 3.63) is 46.3 Å². The highest BCUT2D eigenvalue weighted by Gasteiger charge is 2.32. The molecule has 2 aliphatic heterocycles. The Morgan fingerprint density at radius 3 is 2.57 bits per heavy atom. The van der Waals surface area contributed by atoms with Crippen LogP contribution in [0.5, 0.6) is 0 Å². The second kappa shape index (κ2) is 15.2. The summed E-state index contributed by atoms with van der Waals surface area (Å²) in [5, 5.41) is 3.36. The van der Waals surface area contributed by atoms with Gasteiger partial charge >= 0.3 is 12.1 Å². The van der Waals surface area contributed by atoms with Crippen molar-refractivity contribution in [3.8, 4) is 11.3 Å². The van der Waals surface area contributed by atoms with E-state index in [1.54, 1.807) is 13.0 Å². The summed E-state index contributed by atoms with van der Waals surface area (Å²) < 4.78 is 62.7. The molecule has 4 heterocycles. The zero-order chi connectivity index (χ0) is 33.7. The number of carbonyl (C=O) groups excluding carboxylic acids is 1. The van der Waals surface area contributed by atoms with Gasteiger partial charge in [0.05, 0.1) is 24.3 Å². The number of hydrogen-bond acceptors (Lipinski definition) is 10. The minimum atomic E-state index is -4.50. The minimum Gasteiger partial charge on any atom is -0.466 e. The lowest BCUT2D eigenvalue weighted by Gasteiger charge is -2.40. The Morgan fingerprint density at radius 1 is 1.06 bits per heavy atom. The Kier molecular flexibility index (Phi) is 11.3. The van der Waals surface area contributed by atoms with Gasteiger partial charge in [-0.2, -0.15) is 17.6 Å². The molecule has 0 bridgehead atoms. The van der Waals surface area contributed by atoms with E-state index in [1.807, 2.05) is 18.7 Å². The monoisotopic (exact) mass is 677 g/mol. The molecule has 0 saturated carbocycles. The quantitative estimate of drug-likeness (QED) is 0.172. The van der Waals surface area contributed by atoms with Gasteiger partial charge in [-0.1, -0.05) is 24.7 Å². The van der Waals surface area contributed by atoms with E-state index in [9.17, 15) is 18.0 Å². The Labute approximate surface area is 277 Å². The third-order valence-electron chi connectivity index (χ3n) is 8.96. The topological polar surface area (TPSA) is 86.7 Å². The largest absolute Gasteiger partial charge is 0.466 e. The van der Waals surface area contributed by atoms with Gasteiger partial charge in [0.15, 0.2) is 16.8 Å². The molecule has 2 saturated heterocycles. The number of halogens is 4. The first-order valence-corrected chi connectivity index (χ1v) is 17.2. The zero-order valence-corrected chi connectivity index (χ0v) is 28.2. The third-order valence-corrected chi connectivity index (χ3v) is 9.91. The first kappa shape index (κ1) is 35.0. The van der Waals surface area contributed by atoms with Crippen LogP contribution in [0.2, 0.25) is 0 Å². The van der Waals surface area contributed by atoms with E-state index < -0.39 is 17.6 Å². The Morgan fingerprint density at radius 2 is 1.87 bits per heavy atom. The molecule has 0 aliphatic carbocycles. The number of piperazine rings is 1. The molecule has 0 unspecified atom stereocenters. The smallest absolute Gasteiger partial charge is 0.416 e. The number of esters is 1. The number of piperidine rings is 1. The molecule has 5 rings (SSSR count). The number of hydrogen-bond donors (Lipinski definition) is 1. The maximum absolute atomic E-state index is 16.0. The summed E-state index contributed by atoms with van der Waals surface area (Å²) in [5.74, 6) is -0.764. The molecule has 2 aromatic heterocycles. The second-order valence-corrected chi connectivity index (χ2v) is 13.3. The molecule has 1 N–H and O–H groups in total. The molecule has 0 radical (unpaired) electrons. The van der Waals surface area contributed by atoms with Gasteiger partial charge in [0.1, 0.15) is 6.33 Å². The van der Waals surface area contributed by atoms with Gasteiger partial charge in [0.2, 0.25) is 5.82 Å². The number of anilines is 3. The maximum Gasteiger partial charge on any atom is 0.416 e. The van der Waals surface area contributed by atoms with Crippen LogP contribution in [0.3, 0.4) is 0 Å². The van der Waals surface area contributed by atoms with E-state index >= 15 is 4.39 Å². The number of aromatic nitrogens is 3. The van der Waals surface area contributed by atoms with Crippen LogP contribution in [0.4, 0.5) is 34.3 Å². The fourth-order valence-electron chi connectivity index (χ4n) is 6.27. The molecule has 9 nitrogen and oxygen atoms in total. The molecule has 1 aromatic carbocycles. The highest BCUT2D eigenvalue weighted by Crippen LogP contribution is 2.39. The fraction of sp³-hybridized carbons (Fsp3) is 0.576. The highest BCUT2D eigenvalue weighted by atomic mass is 32.1. The average molecular weight is 678 g/mol. The molecule has 47 heavy (non-hydrogen) atoms. The molecule has 0 spiro atoms. The standard InChI is InChI=1S/C33H43F4N7O2S/c1-5-23-15-24(17-25(16-23)33(35,36)37)29-26(19-43-11-8-7-9-21(43)3)47-32(40-29)41-30-28(34)31(39-20-38-30)44-14-13-42(22(4)18-44)12-10-27(45)46-6-2/h15-17,20-22H,5-14,18-19H2,1-4H3,(H,38,39,40,41)/t21-,22+/m1/s1. The SMILES string of the molecule is CCOC(=O)CCN1CCN(c2ncnc(Nc3nc(-c4cc(CC)cc(C(F)(F)F)c4)c(CN4CCCC[C@H]4C)s3)c2F)C[C@@H]1C. The van der Waals surface area contributed by atoms with E-state index in [2.05, 4.69) is 32.0 Å². The van der Waals surface area contributed by atoms with Gasteiger partial charge < -0.3 is 15.0 Å². The number of ether oxygens (including phenoxy) is 1. The van der Waals surface area contributed by atoms with Crippen LogP contribution in [-0.4, -0.2) is 82.1 Å². The number of likely N-dealkylation sites (tertiary alicyclic amines) is 1. The first-order valence-electron chi connectivity index (χ1n) is 16.3. The molecule has 0 amide bonds. The summed E-state index contributed by atoms with van der Waals surface area (Å²) in [4.78, 5) is 32.2. The predicted octanol–water partition coefficient (Wildman–Crippen LogP) is 6.90. The van der Waals surface area contributed by atoms with Crippen LogP contribution in [0.25, 0.3) is 11.3 Å². The summed E-state index contributed by atoms with van der Waals surface area (Å²) in [6, 6.07) is 4.47. The van der Waals surface area contributed by atoms with Crippen molar-refractivity contribution in [1.82, 2.24) is 24.8 Å². The summed E-state index contributed by atoms with van der Waals surface area (Å²) in [6.45, 7) is 11.8. The van der Waals surface area contributed by atoms with E-state index in [0.717, 1.165) is 36.8 Å². The number of rotatable bonds is 11. The summed E-state index contributed by atoms with van der Waals surface area (Å²) in [5.41, 5.74) is 0.697. The first-order chi connectivity index (χ1) is 22.5. The van der Waals surface area contributed by atoms with Crippen LogP contribution < -0.4 is 10.2 Å². The number of benzene rings is 1. The summed E-state index contributed by atoms with van der Waals surface area (Å²) in [7, 11) is 0. The Bertz CT molecular complexity index is 1540. The van der Waals surface area contributed by atoms with E-state index in [0.29, 0.717) is 80.2 Å². The van der Waals surface area contributed by atoms with Crippen molar-refractivity contribution < 1.29 is 27.1 Å². The lowest BCUT2D eigenvalue weighted by Crippen LogP contribution is -2.52. The predicted molar refractivity (Wildman–Crippen MR) is 175 cm³/mol. The normalized spacial score (nSPS) is 19.6. The van der Waals surface area contributed by atoms with Crippen LogP contribution in [0.15, 0.2) is 24.5 Å². The Hall–Kier alpha value is -3.36. The van der Waals surface area contributed by atoms with Gasteiger partial charge in [-0.3, -0.25) is 14.6 Å². The van der Waals surface area contributed by atoms with Crippen LogP contribution in [0.1, 0.15) is 69.4 Å². The van der Waals surface area contributed by atoms with E-state index in [1.165, 1.54) is 23.7 Å². The number of aryl methyl sites for hydroxylation is 1. The van der Waals surface area contributed by atoms with Crippen molar-refractivity contribution >= 4 is 34.1 Å². The highest BCUT2D eigenvalue weighted by molar-refractivity contribution is 7.16. The lowest BCUT2D eigenvalue weighted by molar-refractivity contribution is -0.143. The third kappa shape index (κ3) is 8.57. The average Bonchev–Trinajstić information content (AvgIpc) is 3.44. The lowest BCUT2D eigenvalue weighted by atomic mass is 10.00. The van der Waals surface area contributed by atoms with Crippen molar-refractivity contribution in [2.45, 2.75) is 84.6 Å².